The Morgan fingerprint density at radius 1 is 1.43 bits per heavy atom. The van der Waals surface area contributed by atoms with Gasteiger partial charge in [-0.1, -0.05) is 12.1 Å². The normalized spacial score (nSPS) is 16.2. The molecular weight excluding hydrogens is 268 g/mol. The lowest BCUT2D eigenvalue weighted by Gasteiger charge is -2.10. The largest absolute Gasteiger partial charge is 0.488 e. The predicted octanol–water partition coefficient (Wildman–Crippen LogP) is 1.80. The molecule has 1 unspecified atom stereocenters. The van der Waals surface area contributed by atoms with Crippen molar-refractivity contribution in [3.8, 4) is 17.0 Å². The molecule has 0 bridgehead atoms. The summed E-state index contributed by atoms with van der Waals surface area (Å²) in [5.41, 5.74) is 8.92. The fraction of sp³-hybridized carbons (Fsp3) is 0.250. The molecule has 108 valence electrons. The van der Waals surface area contributed by atoms with E-state index < -0.39 is 5.97 Å². The molecule has 1 aromatic carbocycles. The zero-order valence-electron chi connectivity index (χ0n) is 11.7. The summed E-state index contributed by atoms with van der Waals surface area (Å²) in [5, 5.41) is 0. The molecular formula is C16H16N2O3. The van der Waals surface area contributed by atoms with E-state index in [9.17, 15) is 4.79 Å². The van der Waals surface area contributed by atoms with Crippen molar-refractivity contribution in [2.45, 2.75) is 12.5 Å². The minimum Gasteiger partial charge on any atom is -0.488 e. The number of esters is 1. The Bertz CT molecular complexity index is 668. The number of rotatable bonds is 3. The van der Waals surface area contributed by atoms with Gasteiger partial charge in [0.15, 0.2) is 0 Å². The summed E-state index contributed by atoms with van der Waals surface area (Å²) in [6.07, 6.45) is 2.35. The molecule has 2 N–H and O–H groups in total. The molecule has 5 heteroatoms. The third-order valence-corrected chi connectivity index (χ3v) is 3.55. The number of aromatic nitrogens is 1. The number of fused-ring (bicyclic) bond motifs is 1. The minimum absolute atomic E-state index is 0.0236. The van der Waals surface area contributed by atoms with Gasteiger partial charge in [-0.2, -0.15) is 0 Å². The average molecular weight is 284 g/mol. The molecule has 3 rings (SSSR count). The van der Waals surface area contributed by atoms with Gasteiger partial charge in [0.1, 0.15) is 11.9 Å². The average Bonchev–Trinajstić information content (AvgIpc) is 2.97. The molecule has 0 aliphatic carbocycles. The number of ether oxygens (including phenoxy) is 2. The molecule has 5 nitrogen and oxygen atoms in total. The van der Waals surface area contributed by atoms with Gasteiger partial charge >= 0.3 is 5.97 Å². The van der Waals surface area contributed by atoms with E-state index >= 15 is 0 Å². The van der Waals surface area contributed by atoms with E-state index in [1.165, 1.54) is 13.3 Å². The Kier molecular flexibility index (Phi) is 3.58. The Labute approximate surface area is 122 Å². The van der Waals surface area contributed by atoms with Crippen LogP contribution in [-0.2, 0) is 11.2 Å². The van der Waals surface area contributed by atoms with Gasteiger partial charge in [0.2, 0.25) is 0 Å². The van der Waals surface area contributed by atoms with Crippen molar-refractivity contribution in [3.05, 3.63) is 47.7 Å². The smallest absolute Gasteiger partial charge is 0.339 e. The zero-order valence-corrected chi connectivity index (χ0v) is 11.7. The van der Waals surface area contributed by atoms with Crippen molar-refractivity contribution in [2.75, 3.05) is 13.7 Å². The van der Waals surface area contributed by atoms with Gasteiger partial charge in [0.05, 0.1) is 18.4 Å². The van der Waals surface area contributed by atoms with E-state index in [-0.39, 0.29) is 6.10 Å². The van der Waals surface area contributed by atoms with Crippen molar-refractivity contribution >= 4 is 5.97 Å². The Morgan fingerprint density at radius 3 is 2.95 bits per heavy atom. The lowest BCUT2D eigenvalue weighted by molar-refractivity contribution is 0.0600. The summed E-state index contributed by atoms with van der Waals surface area (Å²) < 4.78 is 10.6. The molecule has 0 fully saturated rings. The van der Waals surface area contributed by atoms with E-state index in [1.807, 2.05) is 18.2 Å². The van der Waals surface area contributed by atoms with E-state index in [0.717, 1.165) is 29.0 Å². The number of hydrogen-bond donors (Lipinski definition) is 1. The van der Waals surface area contributed by atoms with Gasteiger partial charge in [0.25, 0.3) is 0 Å². The topological polar surface area (TPSA) is 74.4 Å². The Hall–Kier alpha value is -2.40. The van der Waals surface area contributed by atoms with Crippen LogP contribution in [0.3, 0.4) is 0 Å². The number of methoxy groups -OCH3 is 1. The SMILES string of the molecule is COC(=O)c1ccc(-c2cccc3c2OC(CN)C3)nc1. The molecule has 2 heterocycles. The number of pyridine rings is 1. The number of nitrogens with zero attached hydrogens (tertiary/aromatic N) is 1. The fourth-order valence-corrected chi connectivity index (χ4v) is 2.46. The maximum absolute atomic E-state index is 11.4. The third-order valence-electron chi connectivity index (χ3n) is 3.55. The Balaban J connectivity index is 1.95. The first kappa shape index (κ1) is 13.6. The summed E-state index contributed by atoms with van der Waals surface area (Å²) in [7, 11) is 1.35. The van der Waals surface area contributed by atoms with Crippen LogP contribution in [0.5, 0.6) is 5.75 Å². The van der Waals surface area contributed by atoms with Crippen LogP contribution in [0.15, 0.2) is 36.5 Å². The van der Waals surface area contributed by atoms with Crippen LogP contribution in [-0.4, -0.2) is 30.7 Å². The van der Waals surface area contributed by atoms with Crippen LogP contribution in [0.4, 0.5) is 0 Å². The zero-order chi connectivity index (χ0) is 14.8. The van der Waals surface area contributed by atoms with Crippen molar-refractivity contribution in [3.63, 3.8) is 0 Å². The quantitative estimate of drug-likeness (QED) is 0.870. The highest BCUT2D eigenvalue weighted by Crippen LogP contribution is 2.37. The van der Waals surface area contributed by atoms with Gasteiger partial charge in [-0.05, 0) is 23.8 Å². The van der Waals surface area contributed by atoms with Crippen LogP contribution in [0, 0.1) is 0 Å². The first-order valence-corrected chi connectivity index (χ1v) is 6.76. The third kappa shape index (κ3) is 2.48. The fourth-order valence-electron chi connectivity index (χ4n) is 2.46. The van der Waals surface area contributed by atoms with Gasteiger partial charge in [-0.25, -0.2) is 4.79 Å². The molecule has 1 aliphatic rings. The van der Waals surface area contributed by atoms with Crippen LogP contribution < -0.4 is 10.5 Å². The molecule has 1 aromatic heterocycles. The minimum atomic E-state index is -0.396. The highest BCUT2D eigenvalue weighted by atomic mass is 16.5. The summed E-state index contributed by atoms with van der Waals surface area (Å²) in [6.45, 7) is 0.489. The maximum atomic E-state index is 11.4. The van der Waals surface area contributed by atoms with Crippen molar-refractivity contribution in [1.29, 1.82) is 0 Å². The van der Waals surface area contributed by atoms with Gasteiger partial charge in [-0.15, -0.1) is 0 Å². The second-order valence-corrected chi connectivity index (χ2v) is 4.90. The first-order chi connectivity index (χ1) is 10.2. The monoisotopic (exact) mass is 284 g/mol. The predicted molar refractivity (Wildman–Crippen MR) is 78.2 cm³/mol. The van der Waals surface area contributed by atoms with Gasteiger partial charge in [-0.3, -0.25) is 4.98 Å². The number of para-hydroxylation sites is 1. The van der Waals surface area contributed by atoms with Crippen LogP contribution in [0.1, 0.15) is 15.9 Å². The van der Waals surface area contributed by atoms with Crippen LogP contribution in [0.25, 0.3) is 11.3 Å². The van der Waals surface area contributed by atoms with Crippen LogP contribution >= 0.6 is 0 Å². The standard InChI is InChI=1S/C16H16N2O3/c1-20-16(19)11-5-6-14(18-9-11)13-4-2-3-10-7-12(8-17)21-15(10)13/h2-6,9,12H,7-8,17H2,1H3. The highest BCUT2D eigenvalue weighted by molar-refractivity contribution is 5.89. The molecule has 0 radical (unpaired) electrons. The number of benzene rings is 1. The first-order valence-electron chi connectivity index (χ1n) is 6.76. The molecule has 0 saturated heterocycles. The lowest BCUT2D eigenvalue weighted by Crippen LogP contribution is -2.24. The molecule has 1 aliphatic heterocycles. The van der Waals surface area contributed by atoms with Gasteiger partial charge < -0.3 is 15.2 Å². The number of carbonyl (C=O) groups excluding carboxylic acids is 1. The molecule has 2 aromatic rings. The van der Waals surface area contributed by atoms with Crippen molar-refractivity contribution in [2.24, 2.45) is 5.73 Å². The van der Waals surface area contributed by atoms with E-state index in [2.05, 4.69) is 9.72 Å². The van der Waals surface area contributed by atoms with Crippen molar-refractivity contribution in [1.82, 2.24) is 4.98 Å². The Morgan fingerprint density at radius 2 is 2.29 bits per heavy atom. The summed E-state index contributed by atoms with van der Waals surface area (Å²) in [5.74, 6) is 0.443. The summed E-state index contributed by atoms with van der Waals surface area (Å²) >= 11 is 0. The van der Waals surface area contributed by atoms with Crippen LogP contribution in [0.2, 0.25) is 0 Å². The van der Waals surface area contributed by atoms with E-state index in [0.29, 0.717) is 12.1 Å². The maximum Gasteiger partial charge on any atom is 0.339 e. The number of carbonyl (C=O) groups is 1. The number of nitrogens with two attached hydrogens (primary N) is 1. The second-order valence-electron chi connectivity index (χ2n) is 4.90. The van der Waals surface area contributed by atoms with Crippen molar-refractivity contribution < 1.29 is 14.3 Å². The number of hydrogen-bond acceptors (Lipinski definition) is 5. The molecule has 1 atom stereocenters. The summed E-state index contributed by atoms with van der Waals surface area (Å²) in [4.78, 5) is 15.8. The van der Waals surface area contributed by atoms with E-state index in [1.54, 1.807) is 12.1 Å². The van der Waals surface area contributed by atoms with Gasteiger partial charge in [0, 0.05) is 24.7 Å². The molecule has 21 heavy (non-hydrogen) atoms. The molecule has 0 spiro atoms. The molecule has 0 amide bonds. The highest BCUT2D eigenvalue weighted by Gasteiger charge is 2.25. The van der Waals surface area contributed by atoms with E-state index in [4.69, 9.17) is 10.5 Å². The lowest BCUT2D eigenvalue weighted by atomic mass is 10.0. The second kappa shape index (κ2) is 5.54. The molecule has 0 saturated carbocycles. The summed E-state index contributed by atoms with van der Waals surface area (Å²) in [6, 6.07) is 9.46.